The van der Waals surface area contributed by atoms with Crippen LogP contribution in [0.2, 0.25) is 0 Å². The van der Waals surface area contributed by atoms with Crippen LogP contribution in [0.1, 0.15) is 0 Å². The van der Waals surface area contributed by atoms with Crippen LogP contribution in [0.5, 0.6) is 11.6 Å². The molecule has 4 nitrogen and oxygen atoms in total. The largest absolute Gasteiger partial charge is 0.439 e. The molecule has 2 rings (SSSR count). The predicted molar refractivity (Wildman–Crippen MR) is 76.5 cm³/mol. The number of nitrogens with zero attached hydrogens (tertiary/aromatic N) is 1. The molecule has 0 saturated heterocycles. The van der Waals surface area contributed by atoms with Gasteiger partial charge in [0.05, 0.1) is 6.20 Å². The van der Waals surface area contributed by atoms with Gasteiger partial charge in [0.1, 0.15) is 10.6 Å². The summed E-state index contributed by atoms with van der Waals surface area (Å²) in [4.78, 5) is 3.82. The third kappa shape index (κ3) is 3.56. The van der Waals surface area contributed by atoms with Crippen LogP contribution < -0.4 is 4.74 Å². The van der Waals surface area contributed by atoms with Crippen LogP contribution in [0.25, 0.3) is 0 Å². The van der Waals surface area contributed by atoms with Gasteiger partial charge in [-0.15, -0.1) is 0 Å². The smallest absolute Gasteiger partial charge is 0.262 e. The Kier molecular flexibility index (Phi) is 4.08. The first-order valence-electron chi connectivity index (χ1n) is 4.79. The van der Waals surface area contributed by atoms with Crippen molar-refractivity contribution in [3.63, 3.8) is 0 Å². The van der Waals surface area contributed by atoms with Crippen molar-refractivity contribution in [2.45, 2.75) is 4.90 Å². The fourth-order valence-corrected chi connectivity index (χ4v) is 2.24. The summed E-state index contributed by atoms with van der Waals surface area (Å²) < 4.78 is 28.6. The first-order chi connectivity index (χ1) is 8.45. The molecular formula is C11H7ClINO3S. The van der Waals surface area contributed by atoms with Gasteiger partial charge in [-0.1, -0.05) is 0 Å². The topological polar surface area (TPSA) is 56.3 Å². The molecule has 7 heteroatoms. The van der Waals surface area contributed by atoms with Crippen molar-refractivity contribution in [1.82, 2.24) is 4.98 Å². The van der Waals surface area contributed by atoms with Gasteiger partial charge >= 0.3 is 0 Å². The average Bonchev–Trinajstić information content (AvgIpc) is 2.32. The standard InChI is InChI=1S/C11H7ClINO3S/c12-18(15,16)10-5-6-11(14-7-10)17-9-3-1-8(13)2-4-9/h1-7H. The zero-order chi connectivity index (χ0) is 13.2. The summed E-state index contributed by atoms with van der Waals surface area (Å²) in [5.74, 6) is 0.935. The van der Waals surface area contributed by atoms with Crippen LogP contribution in [-0.4, -0.2) is 13.4 Å². The highest BCUT2D eigenvalue weighted by Gasteiger charge is 2.10. The van der Waals surface area contributed by atoms with E-state index in [1.54, 1.807) is 12.1 Å². The molecule has 0 amide bonds. The molecule has 94 valence electrons. The lowest BCUT2D eigenvalue weighted by atomic mass is 10.3. The van der Waals surface area contributed by atoms with Crippen molar-refractivity contribution < 1.29 is 13.2 Å². The zero-order valence-electron chi connectivity index (χ0n) is 8.88. The van der Waals surface area contributed by atoms with Crippen LogP contribution in [0.3, 0.4) is 0 Å². The lowest BCUT2D eigenvalue weighted by Crippen LogP contribution is -1.93. The monoisotopic (exact) mass is 395 g/mol. The molecule has 0 aliphatic carbocycles. The summed E-state index contributed by atoms with van der Waals surface area (Å²) in [6.45, 7) is 0. The number of hydrogen-bond acceptors (Lipinski definition) is 4. The van der Waals surface area contributed by atoms with Crippen molar-refractivity contribution in [2.24, 2.45) is 0 Å². The van der Waals surface area contributed by atoms with E-state index in [1.165, 1.54) is 12.1 Å². The van der Waals surface area contributed by atoms with Crippen molar-refractivity contribution in [3.8, 4) is 11.6 Å². The quantitative estimate of drug-likeness (QED) is 0.590. The Morgan fingerprint density at radius 2 is 1.78 bits per heavy atom. The van der Waals surface area contributed by atoms with Gasteiger partial charge in [-0.05, 0) is 52.9 Å². The van der Waals surface area contributed by atoms with E-state index < -0.39 is 9.05 Å². The van der Waals surface area contributed by atoms with Crippen molar-refractivity contribution in [2.75, 3.05) is 0 Å². The van der Waals surface area contributed by atoms with Gasteiger partial charge in [0, 0.05) is 20.3 Å². The molecule has 0 radical (unpaired) electrons. The Morgan fingerprint density at radius 1 is 1.11 bits per heavy atom. The number of pyridine rings is 1. The minimum atomic E-state index is -3.74. The molecule has 1 heterocycles. The minimum Gasteiger partial charge on any atom is -0.439 e. The van der Waals surface area contributed by atoms with E-state index in [0.717, 1.165) is 9.77 Å². The molecule has 0 N–H and O–H groups in total. The van der Waals surface area contributed by atoms with Crippen LogP contribution in [0, 0.1) is 3.57 Å². The molecule has 18 heavy (non-hydrogen) atoms. The molecule has 1 aromatic heterocycles. The second kappa shape index (κ2) is 5.41. The minimum absolute atomic E-state index is 0.0564. The summed E-state index contributed by atoms with van der Waals surface area (Å²) in [6, 6.07) is 10.2. The molecule has 0 spiro atoms. The third-order valence-electron chi connectivity index (χ3n) is 2.03. The third-order valence-corrected chi connectivity index (χ3v) is 4.09. The molecule has 0 aliphatic heterocycles. The molecule has 0 saturated carbocycles. The van der Waals surface area contributed by atoms with Gasteiger partial charge in [-0.3, -0.25) is 0 Å². The van der Waals surface area contributed by atoms with E-state index in [2.05, 4.69) is 27.6 Å². The Balaban J connectivity index is 2.18. The fourth-order valence-electron chi connectivity index (χ4n) is 1.19. The zero-order valence-corrected chi connectivity index (χ0v) is 12.6. The molecule has 1 aromatic carbocycles. The predicted octanol–water partition coefficient (Wildman–Crippen LogP) is 3.41. The normalized spacial score (nSPS) is 11.2. The number of halogens is 2. The number of benzene rings is 1. The van der Waals surface area contributed by atoms with Gasteiger partial charge in [0.25, 0.3) is 9.05 Å². The second-order valence-electron chi connectivity index (χ2n) is 3.33. The van der Waals surface area contributed by atoms with Crippen molar-refractivity contribution in [3.05, 3.63) is 46.2 Å². The van der Waals surface area contributed by atoms with Crippen molar-refractivity contribution >= 4 is 42.3 Å². The molecule has 2 aromatic rings. The van der Waals surface area contributed by atoms with Gasteiger partial charge < -0.3 is 4.74 Å². The average molecular weight is 396 g/mol. The van der Waals surface area contributed by atoms with Gasteiger partial charge in [-0.25, -0.2) is 13.4 Å². The first kappa shape index (κ1) is 13.6. The molecule has 0 unspecified atom stereocenters. The SMILES string of the molecule is O=S(=O)(Cl)c1ccc(Oc2ccc(I)cc2)nc1. The van der Waals surface area contributed by atoms with E-state index in [4.69, 9.17) is 15.4 Å². The molecule has 0 fully saturated rings. The Labute approximate surface area is 123 Å². The van der Waals surface area contributed by atoms with E-state index in [9.17, 15) is 8.42 Å². The summed E-state index contributed by atoms with van der Waals surface area (Å²) >= 11 is 2.19. The molecule has 0 atom stereocenters. The highest BCUT2D eigenvalue weighted by atomic mass is 127. The number of rotatable bonds is 3. The lowest BCUT2D eigenvalue weighted by molar-refractivity contribution is 0.462. The first-order valence-corrected chi connectivity index (χ1v) is 8.18. The second-order valence-corrected chi connectivity index (χ2v) is 7.14. The maximum absolute atomic E-state index is 11.0. The number of hydrogen-bond donors (Lipinski definition) is 0. The maximum Gasteiger partial charge on any atom is 0.262 e. The van der Waals surface area contributed by atoms with E-state index in [0.29, 0.717) is 11.6 Å². The van der Waals surface area contributed by atoms with E-state index in [-0.39, 0.29) is 4.90 Å². The summed E-state index contributed by atoms with van der Waals surface area (Å²) in [7, 11) is 1.43. The van der Waals surface area contributed by atoms with Crippen LogP contribution in [-0.2, 0) is 9.05 Å². The Hall–Kier alpha value is -0.860. The Bertz CT molecular complexity index is 641. The highest BCUT2D eigenvalue weighted by molar-refractivity contribution is 14.1. The van der Waals surface area contributed by atoms with Crippen LogP contribution in [0.15, 0.2) is 47.5 Å². The van der Waals surface area contributed by atoms with E-state index in [1.807, 2.05) is 12.1 Å². The molecule has 0 aliphatic rings. The van der Waals surface area contributed by atoms with Crippen molar-refractivity contribution in [1.29, 1.82) is 0 Å². The Morgan fingerprint density at radius 3 is 2.28 bits per heavy atom. The fraction of sp³-hybridized carbons (Fsp3) is 0. The van der Waals surface area contributed by atoms with Gasteiger partial charge in [-0.2, -0.15) is 0 Å². The maximum atomic E-state index is 11.0. The number of aromatic nitrogens is 1. The molecule has 0 bridgehead atoms. The van der Waals surface area contributed by atoms with Gasteiger partial charge in [0.15, 0.2) is 0 Å². The summed E-state index contributed by atoms with van der Waals surface area (Å²) in [5, 5.41) is 0. The molecular weight excluding hydrogens is 389 g/mol. The van der Waals surface area contributed by atoms with Gasteiger partial charge in [0.2, 0.25) is 5.88 Å². The van der Waals surface area contributed by atoms with E-state index >= 15 is 0 Å². The lowest BCUT2D eigenvalue weighted by Gasteiger charge is -2.04. The summed E-state index contributed by atoms with van der Waals surface area (Å²) in [6.07, 6.45) is 1.16. The van der Waals surface area contributed by atoms with Crippen LogP contribution in [0.4, 0.5) is 0 Å². The van der Waals surface area contributed by atoms with Crippen LogP contribution >= 0.6 is 33.3 Å². The summed E-state index contributed by atoms with van der Waals surface area (Å²) in [5.41, 5.74) is 0. The highest BCUT2D eigenvalue weighted by Crippen LogP contribution is 2.22. The number of ether oxygens (including phenoxy) is 1.